The Kier molecular flexibility index (Phi) is 31.3. The summed E-state index contributed by atoms with van der Waals surface area (Å²) in [5, 5.41) is 0. The molecule has 0 saturated heterocycles. The first-order valence-electron chi connectivity index (χ1n) is 12.3. The van der Waals surface area contributed by atoms with Crippen molar-refractivity contribution >= 4 is 16.3 Å². The Morgan fingerprint density at radius 1 is 0.844 bits per heavy atom. The molecule has 32 heavy (non-hydrogen) atoms. The number of nitrogens with zero attached hydrogens (tertiary/aromatic N) is 1. The number of carbonyl (C=O) groups excluding carboxylic acids is 1. The lowest BCUT2D eigenvalue weighted by Gasteiger charge is -2.00. The van der Waals surface area contributed by atoms with Gasteiger partial charge in [0.05, 0.1) is 6.61 Å². The molecule has 0 aliphatic heterocycles. The molecule has 0 fully saturated rings. The molecule has 0 aromatic carbocycles. The molecule has 0 radical (unpaired) electrons. The van der Waals surface area contributed by atoms with Gasteiger partial charge in [0.15, 0.2) is 0 Å². The highest BCUT2D eigenvalue weighted by Gasteiger charge is 1.98. The molecular formula is C24H52N2O5S. The van der Waals surface area contributed by atoms with Crippen LogP contribution in [0.1, 0.15) is 111 Å². The van der Waals surface area contributed by atoms with E-state index in [0.717, 1.165) is 19.4 Å². The van der Waals surface area contributed by atoms with E-state index in [9.17, 15) is 13.2 Å². The minimum atomic E-state index is -4.17. The molecule has 0 bridgehead atoms. The van der Waals surface area contributed by atoms with Crippen LogP contribution >= 0.6 is 0 Å². The summed E-state index contributed by atoms with van der Waals surface area (Å²) in [5.41, 5.74) is 5.10. The van der Waals surface area contributed by atoms with Crippen molar-refractivity contribution in [1.29, 1.82) is 0 Å². The zero-order chi connectivity index (χ0) is 25.1. The van der Waals surface area contributed by atoms with E-state index in [-0.39, 0.29) is 12.5 Å². The molecule has 0 rings (SSSR count). The van der Waals surface area contributed by atoms with Crippen molar-refractivity contribution in [3.8, 4) is 0 Å². The van der Waals surface area contributed by atoms with Gasteiger partial charge in [0.2, 0.25) is 5.91 Å². The molecule has 7 nitrogen and oxygen atoms in total. The van der Waals surface area contributed by atoms with Gasteiger partial charge in [0, 0.05) is 6.42 Å². The van der Waals surface area contributed by atoms with Crippen molar-refractivity contribution in [3.05, 3.63) is 12.2 Å². The third-order valence-corrected chi connectivity index (χ3v) is 5.12. The molecule has 0 aromatic rings. The summed E-state index contributed by atoms with van der Waals surface area (Å²) in [6.07, 6.45) is 21.9. The second-order valence-corrected chi connectivity index (χ2v) is 9.12. The van der Waals surface area contributed by atoms with Gasteiger partial charge >= 0.3 is 10.4 Å². The van der Waals surface area contributed by atoms with Crippen LogP contribution in [0.15, 0.2) is 12.2 Å². The highest BCUT2D eigenvalue weighted by atomic mass is 32.3. The highest BCUT2D eigenvalue weighted by Crippen LogP contribution is 2.09. The van der Waals surface area contributed by atoms with Crippen LogP contribution in [0, 0.1) is 0 Å². The fourth-order valence-electron chi connectivity index (χ4n) is 2.52. The average molecular weight is 481 g/mol. The lowest BCUT2D eigenvalue weighted by atomic mass is 10.1. The van der Waals surface area contributed by atoms with E-state index in [2.05, 4.69) is 49.2 Å². The van der Waals surface area contributed by atoms with Crippen LogP contribution in [0.25, 0.3) is 0 Å². The predicted octanol–water partition coefficient (Wildman–Crippen LogP) is 5.90. The van der Waals surface area contributed by atoms with Gasteiger partial charge < -0.3 is 10.6 Å². The van der Waals surface area contributed by atoms with E-state index in [4.69, 9.17) is 10.3 Å². The molecule has 0 aromatic heterocycles. The van der Waals surface area contributed by atoms with E-state index in [1.807, 2.05) is 0 Å². The maximum Gasteiger partial charge on any atom is 0.397 e. The summed E-state index contributed by atoms with van der Waals surface area (Å²) >= 11 is 0. The van der Waals surface area contributed by atoms with Gasteiger partial charge in [-0.3, -0.25) is 9.35 Å². The third kappa shape index (κ3) is 47.0. The zero-order valence-electron chi connectivity index (χ0n) is 21.5. The van der Waals surface area contributed by atoms with E-state index < -0.39 is 10.4 Å². The normalized spacial score (nSPS) is 11.1. The van der Waals surface area contributed by atoms with Gasteiger partial charge in [0.1, 0.15) is 0 Å². The van der Waals surface area contributed by atoms with Crippen molar-refractivity contribution in [2.45, 2.75) is 111 Å². The van der Waals surface area contributed by atoms with Crippen molar-refractivity contribution in [1.82, 2.24) is 4.90 Å². The lowest BCUT2D eigenvalue weighted by molar-refractivity contribution is -0.118. The van der Waals surface area contributed by atoms with Crippen LogP contribution in [-0.4, -0.2) is 51.0 Å². The number of hydrogen-bond donors (Lipinski definition) is 2. The van der Waals surface area contributed by atoms with Gasteiger partial charge in [0.25, 0.3) is 0 Å². The first kappa shape index (κ1) is 35.6. The monoisotopic (exact) mass is 480 g/mol. The van der Waals surface area contributed by atoms with Crippen LogP contribution in [0.4, 0.5) is 0 Å². The summed E-state index contributed by atoms with van der Waals surface area (Å²) in [7, 11) is -0.0631. The Morgan fingerprint density at radius 2 is 1.25 bits per heavy atom. The van der Waals surface area contributed by atoms with Crippen molar-refractivity contribution in [2.24, 2.45) is 5.73 Å². The number of hydrogen-bond acceptors (Lipinski definition) is 5. The second kappa shape index (κ2) is 28.1. The summed E-state index contributed by atoms with van der Waals surface area (Å²) in [5.74, 6) is -0.164. The maximum atomic E-state index is 10.5. The Balaban J connectivity index is -0.000000572. The summed E-state index contributed by atoms with van der Waals surface area (Å²) in [4.78, 5) is 12.7. The molecule has 0 heterocycles. The van der Waals surface area contributed by atoms with Crippen molar-refractivity contribution < 1.29 is 21.9 Å². The molecule has 0 atom stereocenters. The Bertz CT molecular complexity index is 509. The van der Waals surface area contributed by atoms with Gasteiger partial charge in [-0.15, -0.1) is 0 Å². The van der Waals surface area contributed by atoms with Gasteiger partial charge in [-0.1, -0.05) is 77.4 Å². The van der Waals surface area contributed by atoms with Crippen LogP contribution in [0.5, 0.6) is 0 Å². The van der Waals surface area contributed by atoms with Crippen molar-refractivity contribution in [2.75, 3.05) is 27.2 Å². The molecular weight excluding hydrogens is 428 g/mol. The smallest absolute Gasteiger partial charge is 0.370 e. The first-order valence-corrected chi connectivity index (χ1v) is 13.7. The largest absolute Gasteiger partial charge is 0.397 e. The fraction of sp³-hybridized carbons (Fsp3) is 0.875. The first-order chi connectivity index (χ1) is 15.1. The second-order valence-electron chi connectivity index (χ2n) is 8.03. The molecule has 0 spiro atoms. The van der Waals surface area contributed by atoms with E-state index in [1.54, 1.807) is 0 Å². The lowest BCUT2D eigenvalue weighted by Crippen LogP contribution is -2.09. The molecule has 3 N–H and O–H groups in total. The molecule has 0 unspecified atom stereocenters. The molecule has 0 saturated carbocycles. The van der Waals surface area contributed by atoms with Crippen LogP contribution < -0.4 is 5.73 Å². The van der Waals surface area contributed by atoms with Gasteiger partial charge in [-0.25, -0.2) is 4.18 Å². The fourth-order valence-corrected chi connectivity index (χ4v) is 2.82. The van der Waals surface area contributed by atoms with E-state index in [0.29, 0.717) is 6.42 Å². The SMILES string of the molecule is CCCCCCCC/C=C\CCCCCCCC(N)=O.CCN(C)C.CCOS(=O)(=O)O. The number of unbranched alkanes of at least 4 members (excludes halogenated alkanes) is 11. The zero-order valence-corrected chi connectivity index (χ0v) is 22.3. The molecule has 0 aliphatic carbocycles. The molecule has 0 aliphatic rings. The van der Waals surface area contributed by atoms with Crippen molar-refractivity contribution in [3.63, 3.8) is 0 Å². The summed E-state index contributed by atoms with van der Waals surface area (Å²) in [6, 6.07) is 0. The molecule has 194 valence electrons. The van der Waals surface area contributed by atoms with Crippen LogP contribution in [0.3, 0.4) is 0 Å². The maximum absolute atomic E-state index is 10.5. The Hall–Kier alpha value is -0.960. The van der Waals surface area contributed by atoms with Crippen LogP contribution in [-0.2, 0) is 19.4 Å². The number of carbonyl (C=O) groups is 1. The third-order valence-electron chi connectivity index (χ3n) is 4.58. The summed E-state index contributed by atoms with van der Waals surface area (Å²) in [6.45, 7) is 6.97. The van der Waals surface area contributed by atoms with E-state index >= 15 is 0 Å². The molecule has 1 amide bonds. The average Bonchev–Trinajstić information content (AvgIpc) is 2.70. The molecule has 8 heteroatoms. The number of allylic oxidation sites excluding steroid dienone is 2. The minimum Gasteiger partial charge on any atom is -0.370 e. The number of primary amides is 1. The Morgan fingerprint density at radius 3 is 1.56 bits per heavy atom. The minimum absolute atomic E-state index is 0.0289. The van der Waals surface area contributed by atoms with Crippen LogP contribution in [0.2, 0.25) is 0 Å². The predicted molar refractivity (Wildman–Crippen MR) is 136 cm³/mol. The summed E-state index contributed by atoms with van der Waals surface area (Å²) < 4.78 is 30.7. The number of rotatable bonds is 18. The van der Waals surface area contributed by atoms with E-state index in [1.165, 1.54) is 77.6 Å². The highest BCUT2D eigenvalue weighted by molar-refractivity contribution is 7.80. The number of nitrogens with two attached hydrogens (primary N) is 1. The topological polar surface area (TPSA) is 110 Å². The quantitative estimate of drug-likeness (QED) is 0.143. The van der Waals surface area contributed by atoms with Gasteiger partial charge in [-0.2, -0.15) is 8.42 Å². The Labute approximate surface area is 199 Å². The van der Waals surface area contributed by atoms with Gasteiger partial charge in [-0.05, 0) is 59.7 Å². The number of amides is 1. The standard InChI is InChI=1S/C18H35NO.C4H11N.C2H6O4S/c1-2-3-4-5-6-7-8-9-10-11-12-13-14-15-16-17-18(19)20;1-4-5(2)3;1-2-6-7(3,4)5/h9-10H,2-8,11-17H2,1H3,(H2,19,20);4H2,1-3H3;2H2,1H3,(H,3,4,5)/b10-9-;;.